The van der Waals surface area contributed by atoms with Crippen molar-refractivity contribution in [3.63, 3.8) is 0 Å². The van der Waals surface area contributed by atoms with E-state index in [-0.39, 0.29) is 23.1 Å². The predicted molar refractivity (Wildman–Crippen MR) is 107 cm³/mol. The van der Waals surface area contributed by atoms with Crippen LogP contribution in [0.4, 0.5) is 0 Å². The first-order valence-electron chi connectivity index (χ1n) is 8.88. The number of carbonyl (C=O) groups excluding carboxylic acids is 1. The molecule has 0 amide bonds. The largest absolute Gasteiger partial charge is 0.359 e. The number of nitrogens with one attached hydrogen (secondary N) is 1. The molecule has 3 aromatic heterocycles. The summed E-state index contributed by atoms with van der Waals surface area (Å²) in [5, 5.41) is 1.43. The van der Waals surface area contributed by atoms with Crippen LogP contribution in [0.25, 0.3) is 10.2 Å². The molecule has 3 aromatic rings. The van der Waals surface area contributed by atoms with Crippen LogP contribution in [0.15, 0.2) is 28.3 Å². The molecular formula is C19H21N3O2S2. The Morgan fingerprint density at radius 3 is 2.85 bits per heavy atom. The normalized spacial score (nSPS) is 15.2. The van der Waals surface area contributed by atoms with Crippen LogP contribution in [0.3, 0.4) is 0 Å². The summed E-state index contributed by atoms with van der Waals surface area (Å²) in [4.78, 5) is 35.3. The SMILES string of the molecule is Cc1sc2nc(SCC(=O)c3ccc[nH]3)n(C3CCCC3)c(=O)c2c1C. The zero-order valence-electron chi connectivity index (χ0n) is 14.9. The highest BCUT2D eigenvalue weighted by Gasteiger charge is 2.25. The van der Waals surface area contributed by atoms with Crippen LogP contribution in [0.2, 0.25) is 0 Å². The molecule has 4 rings (SSSR count). The van der Waals surface area contributed by atoms with Gasteiger partial charge in [0, 0.05) is 17.1 Å². The van der Waals surface area contributed by atoms with Crippen molar-refractivity contribution in [2.75, 3.05) is 5.75 Å². The quantitative estimate of drug-likeness (QED) is 0.398. The van der Waals surface area contributed by atoms with Crippen molar-refractivity contribution in [2.24, 2.45) is 0 Å². The van der Waals surface area contributed by atoms with Crippen molar-refractivity contribution in [2.45, 2.75) is 50.7 Å². The van der Waals surface area contributed by atoms with E-state index in [1.165, 1.54) is 11.8 Å². The average Bonchev–Trinajstić information content (AvgIpc) is 3.35. The van der Waals surface area contributed by atoms with Crippen LogP contribution in [-0.4, -0.2) is 26.1 Å². The zero-order valence-corrected chi connectivity index (χ0v) is 16.5. The highest BCUT2D eigenvalue weighted by Crippen LogP contribution is 2.34. The molecule has 0 spiro atoms. The number of Topliss-reactive ketones (excluding diaryl/α,β-unsaturated/α-hetero) is 1. The van der Waals surface area contributed by atoms with Gasteiger partial charge in [-0.3, -0.25) is 14.2 Å². The number of H-pyrrole nitrogens is 1. The van der Waals surface area contributed by atoms with E-state index >= 15 is 0 Å². The smallest absolute Gasteiger partial charge is 0.263 e. The molecule has 0 aliphatic heterocycles. The molecule has 0 unspecified atom stereocenters. The molecule has 26 heavy (non-hydrogen) atoms. The lowest BCUT2D eigenvalue weighted by molar-refractivity contribution is 0.101. The minimum Gasteiger partial charge on any atom is -0.359 e. The number of hydrogen-bond donors (Lipinski definition) is 1. The van der Waals surface area contributed by atoms with Gasteiger partial charge >= 0.3 is 0 Å². The van der Waals surface area contributed by atoms with Gasteiger partial charge in [0.1, 0.15) is 4.83 Å². The maximum atomic E-state index is 13.3. The number of aryl methyl sites for hydroxylation is 2. The van der Waals surface area contributed by atoms with Crippen molar-refractivity contribution in [3.8, 4) is 0 Å². The summed E-state index contributed by atoms with van der Waals surface area (Å²) in [5.74, 6) is 0.292. The van der Waals surface area contributed by atoms with Gasteiger partial charge in [0.2, 0.25) is 0 Å². The van der Waals surface area contributed by atoms with Crippen molar-refractivity contribution in [1.82, 2.24) is 14.5 Å². The summed E-state index contributed by atoms with van der Waals surface area (Å²) >= 11 is 2.93. The Morgan fingerprint density at radius 2 is 2.15 bits per heavy atom. The predicted octanol–water partition coefficient (Wildman–Crippen LogP) is 4.49. The second kappa shape index (κ2) is 7.04. The molecule has 7 heteroatoms. The Hall–Kier alpha value is -1.86. The molecule has 0 atom stereocenters. The molecule has 1 aliphatic rings. The minimum atomic E-state index is 0.0193. The first-order chi connectivity index (χ1) is 12.6. The van der Waals surface area contributed by atoms with Crippen LogP contribution < -0.4 is 5.56 Å². The van der Waals surface area contributed by atoms with Crippen molar-refractivity contribution >= 4 is 39.1 Å². The fourth-order valence-electron chi connectivity index (χ4n) is 3.59. The first-order valence-corrected chi connectivity index (χ1v) is 10.7. The second-order valence-electron chi connectivity index (χ2n) is 6.77. The number of ketones is 1. The van der Waals surface area contributed by atoms with Gasteiger partial charge in [-0.15, -0.1) is 11.3 Å². The van der Waals surface area contributed by atoms with Gasteiger partial charge in [-0.1, -0.05) is 24.6 Å². The van der Waals surface area contributed by atoms with Crippen molar-refractivity contribution in [1.29, 1.82) is 0 Å². The Labute approximate surface area is 159 Å². The van der Waals surface area contributed by atoms with E-state index in [0.29, 0.717) is 10.9 Å². The zero-order chi connectivity index (χ0) is 18.3. The number of hydrogen-bond acceptors (Lipinski definition) is 5. The third-order valence-electron chi connectivity index (χ3n) is 5.12. The van der Waals surface area contributed by atoms with E-state index in [1.807, 2.05) is 24.5 Å². The van der Waals surface area contributed by atoms with E-state index < -0.39 is 0 Å². The summed E-state index contributed by atoms with van der Waals surface area (Å²) in [7, 11) is 0. The number of fused-ring (bicyclic) bond motifs is 1. The van der Waals surface area contributed by atoms with Crippen LogP contribution >= 0.6 is 23.1 Å². The maximum Gasteiger partial charge on any atom is 0.263 e. The van der Waals surface area contributed by atoms with Gasteiger partial charge < -0.3 is 4.98 Å². The standard InChI is InChI=1S/C19H21N3O2S2/c1-11-12(2)26-17-16(11)18(24)22(13-6-3-4-7-13)19(21-17)25-10-15(23)14-8-5-9-20-14/h5,8-9,13,20H,3-4,6-7,10H2,1-2H3. The molecule has 0 saturated heterocycles. The van der Waals surface area contributed by atoms with Gasteiger partial charge in [-0.25, -0.2) is 4.98 Å². The molecule has 0 radical (unpaired) electrons. The lowest BCUT2D eigenvalue weighted by atomic mass is 10.2. The minimum absolute atomic E-state index is 0.0193. The van der Waals surface area contributed by atoms with E-state index in [4.69, 9.17) is 4.98 Å². The summed E-state index contributed by atoms with van der Waals surface area (Å²) in [5.41, 5.74) is 1.68. The molecule has 1 saturated carbocycles. The Bertz CT molecular complexity index is 1010. The average molecular weight is 388 g/mol. The number of aromatic amines is 1. The fraction of sp³-hybridized carbons (Fsp3) is 0.421. The molecule has 3 heterocycles. The third kappa shape index (κ3) is 3.03. The Balaban J connectivity index is 1.75. The summed E-state index contributed by atoms with van der Waals surface area (Å²) in [6.07, 6.45) is 6.04. The van der Waals surface area contributed by atoms with Crippen molar-refractivity contribution < 1.29 is 4.79 Å². The van der Waals surface area contributed by atoms with Gasteiger partial charge in [-0.2, -0.15) is 0 Å². The number of aromatic nitrogens is 3. The van der Waals surface area contributed by atoms with Crippen LogP contribution in [0.1, 0.15) is 52.7 Å². The molecule has 1 fully saturated rings. The molecule has 0 bridgehead atoms. The molecular weight excluding hydrogens is 366 g/mol. The molecule has 5 nitrogen and oxygen atoms in total. The highest BCUT2D eigenvalue weighted by atomic mass is 32.2. The molecule has 1 aliphatic carbocycles. The van der Waals surface area contributed by atoms with Crippen molar-refractivity contribution in [3.05, 3.63) is 44.8 Å². The highest BCUT2D eigenvalue weighted by molar-refractivity contribution is 7.99. The number of nitrogens with zero attached hydrogens (tertiary/aromatic N) is 2. The number of thiophene rings is 1. The van der Waals surface area contributed by atoms with Gasteiger partial charge in [0.15, 0.2) is 10.9 Å². The molecule has 0 aromatic carbocycles. The maximum absolute atomic E-state index is 13.3. The lowest BCUT2D eigenvalue weighted by Crippen LogP contribution is -2.26. The van der Waals surface area contributed by atoms with Gasteiger partial charge in [0.25, 0.3) is 5.56 Å². The van der Waals surface area contributed by atoms with Crippen LogP contribution in [0, 0.1) is 13.8 Å². The fourth-order valence-corrected chi connectivity index (χ4v) is 5.61. The first kappa shape index (κ1) is 17.5. The lowest BCUT2D eigenvalue weighted by Gasteiger charge is -2.17. The number of carbonyl (C=O) groups is 1. The number of rotatable bonds is 5. The van der Waals surface area contributed by atoms with Gasteiger partial charge in [0.05, 0.1) is 16.8 Å². The number of thioether (sulfide) groups is 1. The van der Waals surface area contributed by atoms with E-state index in [1.54, 1.807) is 23.6 Å². The van der Waals surface area contributed by atoms with Gasteiger partial charge in [-0.05, 0) is 44.4 Å². The molecule has 136 valence electrons. The monoisotopic (exact) mass is 387 g/mol. The topological polar surface area (TPSA) is 67.8 Å². The van der Waals surface area contributed by atoms with Crippen LogP contribution in [-0.2, 0) is 0 Å². The summed E-state index contributed by atoms with van der Waals surface area (Å²) in [6.45, 7) is 4.03. The van der Waals surface area contributed by atoms with E-state index in [2.05, 4.69) is 4.98 Å². The summed E-state index contributed by atoms with van der Waals surface area (Å²) < 4.78 is 1.86. The Kier molecular flexibility index (Phi) is 4.75. The molecule has 1 N–H and O–H groups in total. The third-order valence-corrected chi connectivity index (χ3v) is 7.18. The summed E-state index contributed by atoms with van der Waals surface area (Å²) in [6, 6.07) is 3.78. The van der Waals surface area contributed by atoms with E-state index in [9.17, 15) is 9.59 Å². The van der Waals surface area contributed by atoms with Crippen LogP contribution in [0.5, 0.6) is 0 Å². The Morgan fingerprint density at radius 1 is 1.38 bits per heavy atom. The van der Waals surface area contributed by atoms with E-state index in [0.717, 1.165) is 46.3 Å². The second-order valence-corrected chi connectivity index (χ2v) is 8.91.